The van der Waals surface area contributed by atoms with E-state index in [1.807, 2.05) is 60.0 Å². The Labute approximate surface area is 202 Å². The first kappa shape index (κ1) is 21.9. The highest BCUT2D eigenvalue weighted by Gasteiger charge is 2.34. The summed E-state index contributed by atoms with van der Waals surface area (Å²) in [5.41, 5.74) is 4.51. The monoisotopic (exact) mass is 474 g/mol. The van der Waals surface area contributed by atoms with E-state index in [1.165, 1.54) is 0 Å². The van der Waals surface area contributed by atoms with E-state index < -0.39 is 6.04 Å². The van der Waals surface area contributed by atoms with Crippen molar-refractivity contribution in [2.24, 2.45) is 0 Å². The number of allylic oxidation sites excluding steroid dienone is 1. The fraction of sp³-hybridized carbons (Fsp3) is 0.154. The molecule has 1 aromatic heterocycles. The molecule has 1 atom stereocenters. The van der Waals surface area contributed by atoms with Crippen molar-refractivity contribution >= 4 is 40.2 Å². The molecule has 0 unspecified atom stereocenters. The number of rotatable bonds is 5. The Morgan fingerprint density at radius 3 is 2.56 bits per heavy atom. The van der Waals surface area contributed by atoms with Crippen molar-refractivity contribution in [1.29, 1.82) is 0 Å². The maximum atomic E-state index is 13.8. The third-order valence-corrected chi connectivity index (χ3v) is 6.17. The Kier molecular flexibility index (Phi) is 5.63. The van der Waals surface area contributed by atoms with E-state index in [-0.39, 0.29) is 5.91 Å². The molecule has 2 heterocycles. The number of nitrogens with zero attached hydrogens (tertiary/aromatic N) is 2. The van der Waals surface area contributed by atoms with Crippen LogP contribution < -0.4 is 20.1 Å². The van der Waals surface area contributed by atoms with Crippen LogP contribution in [-0.2, 0) is 4.79 Å². The van der Waals surface area contributed by atoms with Gasteiger partial charge in [-0.25, -0.2) is 4.98 Å². The summed E-state index contributed by atoms with van der Waals surface area (Å²) in [5, 5.41) is 6.96. The normalized spacial score (nSPS) is 15.0. The molecule has 1 aliphatic rings. The maximum absolute atomic E-state index is 13.8. The summed E-state index contributed by atoms with van der Waals surface area (Å²) in [4.78, 5) is 18.5. The highest BCUT2D eigenvalue weighted by Crippen LogP contribution is 2.40. The second kappa shape index (κ2) is 8.76. The van der Waals surface area contributed by atoms with Gasteiger partial charge in [0, 0.05) is 16.8 Å². The van der Waals surface area contributed by atoms with Crippen LogP contribution in [0.25, 0.3) is 11.0 Å². The lowest BCUT2D eigenvalue weighted by Gasteiger charge is -2.31. The second-order valence-corrected chi connectivity index (χ2v) is 8.37. The first-order valence-electron chi connectivity index (χ1n) is 10.7. The third-order valence-electron chi connectivity index (χ3n) is 5.92. The predicted octanol–water partition coefficient (Wildman–Crippen LogP) is 5.63. The lowest BCUT2D eigenvalue weighted by atomic mass is 9.94. The second-order valence-electron chi connectivity index (χ2n) is 7.93. The standard InChI is InChI=1S/C26H23ClN4O3/c1-15-23(25(32)29-20-13-12-18(33-2)14-22(20)34-3)24(16-8-10-17(27)11-9-16)31-21-7-5-4-6-19(21)30-26(31)28-15/h4-14,24H,1-3H3,(H,28,30)(H,29,32)/t24-/m1/s1. The minimum Gasteiger partial charge on any atom is -0.497 e. The van der Waals surface area contributed by atoms with Gasteiger partial charge in [0.05, 0.1) is 42.6 Å². The number of fused-ring (bicyclic) bond motifs is 3. The Hall–Kier alpha value is -3.97. The average molecular weight is 475 g/mol. The van der Waals surface area contributed by atoms with Crippen LogP contribution in [0.3, 0.4) is 0 Å². The summed E-state index contributed by atoms with van der Waals surface area (Å²) >= 11 is 6.17. The van der Waals surface area contributed by atoms with E-state index in [9.17, 15) is 4.79 Å². The minimum atomic E-state index is -0.412. The quantitative estimate of drug-likeness (QED) is 0.391. The van der Waals surface area contributed by atoms with Crippen LogP contribution in [0.1, 0.15) is 18.5 Å². The zero-order valence-corrected chi connectivity index (χ0v) is 19.7. The number of halogens is 1. The third kappa shape index (κ3) is 3.74. The van der Waals surface area contributed by atoms with Gasteiger partial charge >= 0.3 is 0 Å². The van der Waals surface area contributed by atoms with E-state index >= 15 is 0 Å². The number of anilines is 2. The molecule has 3 aromatic carbocycles. The summed E-state index contributed by atoms with van der Waals surface area (Å²) in [7, 11) is 3.14. The van der Waals surface area contributed by atoms with Gasteiger partial charge in [0.1, 0.15) is 11.5 Å². The van der Waals surface area contributed by atoms with Crippen molar-refractivity contribution in [3.05, 3.63) is 88.6 Å². The van der Waals surface area contributed by atoms with Gasteiger partial charge < -0.3 is 20.1 Å². The van der Waals surface area contributed by atoms with E-state index in [4.69, 9.17) is 26.1 Å². The molecule has 1 amide bonds. The number of amides is 1. The topological polar surface area (TPSA) is 77.4 Å². The Morgan fingerprint density at radius 1 is 1.06 bits per heavy atom. The van der Waals surface area contributed by atoms with Crippen LogP contribution in [0, 0.1) is 0 Å². The summed E-state index contributed by atoms with van der Waals surface area (Å²) in [6.07, 6.45) is 0. The van der Waals surface area contributed by atoms with Crippen LogP contribution in [-0.4, -0.2) is 29.7 Å². The number of para-hydroxylation sites is 2. The molecule has 0 saturated heterocycles. The number of nitrogens with one attached hydrogen (secondary N) is 2. The molecular formula is C26H23ClN4O3. The van der Waals surface area contributed by atoms with Crippen molar-refractivity contribution in [3.8, 4) is 11.5 Å². The summed E-state index contributed by atoms with van der Waals surface area (Å²) in [6.45, 7) is 1.88. The molecule has 34 heavy (non-hydrogen) atoms. The fourth-order valence-electron chi connectivity index (χ4n) is 4.31. The van der Waals surface area contributed by atoms with E-state index in [0.29, 0.717) is 39.4 Å². The predicted molar refractivity (Wildman–Crippen MR) is 134 cm³/mol. The van der Waals surface area contributed by atoms with E-state index in [0.717, 1.165) is 16.6 Å². The molecule has 7 nitrogen and oxygen atoms in total. The molecule has 0 bridgehead atoms. The number of hydrogen-bond donors (Lipinski definition) is 2. The lowest BCUT2D eigenvalue weighted by molar-refractivity contribution is -0.113. The molecule has 0 spiro atoms. The SMILES string of the molecule is COc1ccc(NC(=O)C2=C(C)Nc3nc4ccccc4n3[C@@H]2c2ccc(Cl)cc2)c(OC)c1. The lowest BCUT2D eigenvalue weighted by Crippen LogP contribution is -2.31. The van der Waals surface area contributed by atoms with Crippen molar-refractivity contribution in [1.82, 2.24) is 9.55 Å². The van der Waals surface area contributed by atoms with Gasteiger partial charge in [-0.05, 0) is 48.9 Å². The van der Waals surface area contributed by atoms with Crippen LogP contribution in [0.15, 0.2) is 78.0 Å². The molecule has 0 fully saturated rings. The molecule has 0 saturated carbocycles. The highest BCUT2D eigenvalue weighted by molar-refractivity contribution is 6.30. The molecule has 4 aromatic rings. The van der Waals surface area contributed by atoms with Gasteiger partial charge in [-0.3, -0.25) is 9.36 Å². The molecule has 0 radical (unpaired) electrons. The maximum Gasteiger partial charge on any atom is 0.255 e. The summed E-state index contributed by atoms with van der Waals surface area (Å²) in [6, 6.07) is 20.2. The average Bonchev–Trinajstić information content (AvgIpc) is 3.21. The largest absolute Gasteiger partial charge is 0.497 e. The molecule has 0 aliphatic carbocycles. The molecule has 8 heteroatoms. The van der Waals surface area contributed by atoms with Crippen LogP contribution >= 0.6 is 11.6 Å². The van der Waals surface area contributed by atoms with Gasteiger partial charge in [-0.15, -0.1) is 0 Å². The molecule has 2 N–H and O–H groups in total. The number of imidazole rings is 1. The summed E-state index contributed by atoms with van der Waals surface area (Å²) in [5.74, 6) is 1.57. The fourth-order valence-corrected chi connectivity index (χ4v) is 4.44. The molecular weight excluding hydrogens is 452 g/mol. The first-order valence-corrected chi connectivity index (χ1v) is 11.1. The summed E-state index contributed by atoms with van der Waals surface area (Å²) < 4.78 is 12.8. The Morgan fingerprint density at radius 2 is 1.82 bits per heavy atom. The van der Waals surface area contributed by atoms with Gasteiger partial charge in [0.25, 0.3) is 5.91 Å². The zero-order valence-electron chi connectivity index (χ0n) is 18.9. The van der Waals surface area contributed by atoms with Gasteiger partial charge in [0.2, 0.25) is 5.95 Å². The van der Waals surface area contributed by atoms with E-state index in [1.54, 1.807) is 32.4 Å². The Balaban J connectivity index is 1.63. The number of aromatic nitrogens is 2. The van der Waals surface area contributed by atoms with Crippen molar-refractivity contribution in [2.75, 3.05) is 24.9 Å². The van der Waals surface area contributed by atoms with Gasteiger partial charge in [0.15, 0.2) is 0 Å². The highest BCUT2D eigenvalue weighted by atomic mass is 35.5. The molecule has 172 valence electrons. The van der Waals surface area contributed by atoms with Crippen LogP contribution in [0.5, 0.6) is 11.5 Å². The molecule has 5 rings (SSSR count). The number of hydrogen-bond acceptors (Lipinski definition) is 5. The van der Waals surface area contributed by atoms with Crippen LogP contribution in [0.2, 0.25) is 5.02 Å². The van der Waals surface area contributed by atoms with Crippen molar-refractivity contribution in [2.45, 2.75) is 13.0 Å². The Bertz CT molecular complexity index is 1430. The van der Waals surface area contributed by atoms with Gasteiger partial charge in [-0.1, -0.05) is 35.9 Å². The molecule has 1 aliphatic heterocycles. The number of ether oxygens (including phenoxy) is 2. The number of carbonyl (C=O) groups is 1. The minimum absolute atomic E-state index is 0.253. The van der Waals surface area contributed by atoms with E-state index in [2.05, 4.69) is 10.6 Å². The van der Waals surface area contributed by atoms with Crippen molar-refractivity contribution < 1.29 is 14.3 Å². The number of carbonyl (C=O) groups excluding carboxylic acids is 1. The number of benzene rings is 3. The van der Waals surface area contributed by atoms with Crippen molar-refractivity contribution in [3.63, 3.8) is 0 Å². The van der Waals surface area contributed by atoms with Crippen LogP contribution in [0.4, 0.5) is 11.6 Å². The number of methoxy groups -OCH3 is 2. The van der Waals surface area contributed by atoms with Gasteiger partial charge in [-0.2, -0.15) is 0 Å². The smallest absolute Gasteiger partial charge is 0.255 e. The zero-order chi connectivity index (χ0) is 23.8. The first-order chi connectivity index (χ1) is 16.5.